The Labute approximate surface area is 171 Å². The summed E-state index contributed by atoms with van der Waals surface area (Å²) < 4.78 is 0. The van der Waals surface area contributed by atoms with Gasteiger partial charge in [0.1, 0.15) is 0 Å². The van der Waals surface area contributed by atoms with Crippen molar-refractivity contribution in [2.45, 2.75) is 19.3 Å². The maximum atomic E-state index is 12.2. The van der Waals surface area contributed by atoms with Gasteiger partial charge in [0.25, 0.3) is 0 Å². The summed E-state index contributed by atoms with van der Waals surface area (Å²) in [6.45, 7) is 0.329. The van der Waals surface area contributed by atoms with E-state index in [2.05, 4.69) is 41.0 Å². The van der Waals surface area contributed by atoms with E-state index in [-0.39, 0.29) is 11.8 Å². The molecular weight excluding hydrogens is 362 g/mol. The number of amides is 2. The number of nitrogens with one attached hydrogen (secondary N) is 2. The molecule has 0 fully saturated rings. The van der Waals surface area contributed by atoms with Gasteiger partial charge in [-0.25, -0.2) is 0 Å². The van der Waals surface area contributed by atoms with E-state index in [1.54, 1.807) is 24.3 Å². The maximum Gasteiger partial charge on any atom is 0.238 e. The van der Waals surface area contributed by atoms with Crippen LogP contribution >= 0.6 is 0 Å². The minimum Gasteiger partial charge on any atom is -0.326 e. The summed E-state index contributed by atoms with van der Waals surface area (Å²) in [5.74, 6) is -0.0735. The molecule has 3 rings (SSSR count). The summed E-state index contributed by atoms with van der Waals surface area (Å²) in [7, 11) is 3.69. The fourth-order valence-electron chi connectivity index (χ4n) is 3.20. The molecule has 0 atom stereocenters. The number of anilines is 2. The number of nitrogens with zero attached hydrogens (tertiary/aromatic N) is 1. The molecule has 0 saturated heterocycles. The average molecular weight is 389 g/mol. The van der Waals surface area contributed by atoms with Crippen molar-refractivity contribution >= 4 is 34.0 Å². The minimum atomic E-state index is -0.0690. The van der Waals surface area contributed by atoms with Crippen LogP contribution in [0.2, 0.25) is 0 Å². The Kier molecular flexibility index (Phi) is 6.98. The van der Waals surface area contributed by atoms with Crippen LogP contribution in [0.1, 0.15) is 18.4 Å². The van der Waals surface area contributed by atoms with Gasteiger partial charge in [-0.2, -0.15) is 0 Å². The highest BCUT2D eigenvalue weighted by molar-refractivity contribution is 5.93. The normalized spacial score (nSPS) is 10.9. The van der Waals surface area contributed by atoms with Crippen molar-refractivity contribution in [3.63, 3.8) is 0 Å². The van der Waals surface area contributed by atoms with Gasteiger partial charge in [-0.15, -0.1) is 0 Å². The van der Waals surface area contributed by atoms with E-state index in [4.69, 9.17) is 0 Å². The number of fused-ring (bicyclic) bond motifs is 1. The zero-order valence-corrected chi connectivity index (χ0v) is 16.9. The van der Waals surface area contributed by atoms with E-state index >= 15 is 0 Å². The molecule has 0 radical (unpaired) electrons. The summed E-state index contributed by atoms with van der Waals surface area (Å²) in [6, 6.07) is 21.9. The lowest BCUT2D eigenvalue weighted by Crippen LogP contribution is -2.27. The van der Waals surface area contributed by atoms with E-state index in [0.29, 0.717) is 18.7 Å². The number of likely N-dealkylation sites (N-methyl/N-ethyl adjacent to an activating group) is 1. The Morgan fingerprint density at radius 1 is 0.793 bits per heavy atom. The molecule has 0 spiro atoms. The standard InChI is InChI=1S/C24H27N3O2/c1-27(2)17-24(29)26-22-14-12-21(13-15-22)25-23(28)9-5-6-18-10-11-19-7-3-4-8-20(19)16-18/h3-4,7-8,10-16H,5-6,9,17H2,1-2H3,(H,25,28)(H,26,29). The molecule has 2 N–H and O–H groups in total. The number of hydrogen-bond acceptors (Lipinski definition) is 3. The van der Waals surface area contributed by atoms with E-state index < -0.39 is 0 Å². The summed E-state index contributed by atoms with van der Waals surface area (Å²) in [5.41, 5.74) is 2.69. The number of benzene rings is 3. The van der Waals surface area contributed by atoms with Gasteiger partial charge >= 0.3 is 0 Å². The summed E-state index contributed by atoms with van der Waals surface area (Å²) in [4.78, 5) is 25.8. The van der Waals surface area contributed by atoms with E-state index in [9.17, 15) is 9.59 Å². The van der Waals surface area contributed by atoms with Crippen LogP contribution in [-0.4, -0.2) is 37.4 Å². The zero-order valence-electron chi connectivity index (χ0n) is 16.9. The molecule has 0 aliphatic heterocycles. The van der Waals surface area contributed by atoms with Crippen LogP contribution in [0.25, 0.3) is 10.8 Å². The van der Waals surface area contributed by atoms with Crippen molar-refractivity contribution in [3.05, 3.63) is 72.3 Å². The molecule has 2 amide bonds. The van der Waals surface area contributed by atoms with Crippen LogP contribution in [0.4, 0.5) is 11.4 Å². The highest BCUT2D eigenvalue weighted by Crippen LogP contribution is 2.18. The number of carbonyl (C=O) groups excluding carboxylic acids is 2. The maximum absolute atomic E-state index is 12.2. The molecule has 0 bridgehead atoms. The van der Waals surface area contributed by atoms with Gasteiger partial charge in [0.2, 0.25) is 11.8 Å². The molecule has 5 nitrogen and oxygen atoms in total. The summed E-state index contributed by atoms with van der Waals surface area (Å²) in [5, 5.41) is 8.20. The molecule has 3 aromatic rings. The molecule has 0 aromatic heterocycles. The van der Waals surface area contributed by atoms with Crippen LogP contribution < -0.4 is 10.6 Å². The topological polar surface area (TPSA) is 61.4 Å². The van der Waals surface area contributed by atoms with Crippen molar-refractivity contribution in [2.24, 2.45) is 0 Å². The predicted molar refractivity (Wildman–Crippen MR) is 119 cm³/mol. The van der Waals surface area contributed by atoms with E-state index in [1.807, 2.05) is 31.1 Å². The second-order valence-electron chi connectivity index (χ2n) is 7.45. The zero-order chi connectivity index (χ0) is 20.6. The molecule has 0 heterocycles. The molecular formula is C24H27N3O2. The smallest absolute Gasteiger partial charge is 0.238 e. The first-order chi connectivity index (χ1) is 14.0. The number of aryl methyl sites for hydroxylation is 1. The van der Waals surface area contributed by atoms with Crippen LogP contribution in [0.5, 0.6) is 0 Å². The summed E-state index contributed by atoms with van der Waals surface area (Å²) >= 11 is 0. The van der Waals surface area contributed by atoms with Crippen molar-refractivity contribution in [1.29, 1.82) is 0 Å². The molecule has 5 heteroatoms. The lowest BCUT2D eigenvalue weighted by Gasteiger charge is -2.11. The fourth-order valence-corrected chi connectivity index (χ4v) is 3.20. The first kappa shape index (κ1) is 20.6. The van der Waals surface area contributed by atoms with Gasteiger partial charge in [0.05, 0.1) is 6.54 Å². The highest BCUT2D eigenvalue weighted by atomic mass is 16.2. The number of hydrogen-bond donors (Lipinski definition) is 2. The highest BCUT2D eigenvalue weighted by Gasteiger charge is 2.06. The molecule has 0 aliphatic carbocycles. The molecule has 150 valence electrons. The Hall–Kier alpha value is -3.18. The monoisotopic (exact) mass is 389 g/mol. The third-order valence-corrected chi connectivity index (χ3v) is 4.60. The Bertz CT molecular complexity index is 981. The second-order valence-corrected chi connectivity index (χ2v) is 7.45. The third kappa shape index (κ3) is 6.43. The second kappa shape index (κ2) is 9.85. The van der Waals surface area contributed by atoms with Gasteiger partial charge in [-0.05, 0) is 67.5 Å². The number of carbonyl (C=O) groups is 2. The third-order valence-electron chi connectivity index (χ3n) is 4.60. The Morgan fingerprint density at radius 3 is 2.07 bits per heavy atom. The Balaban J connectivity index is 1.44. The molecule has 0 aliphatic rings. The van der Waals surface area contributed by atoms with Crippen LogP contribution in [0.15, 0.2) is 66.7 Å². The van der Waals surface area contributed by atoms with Gasteiger partial charge < -0.3 is 15.5 Å². The summed E-state index contributed by atoms with van der Waals surface area (Å²) in [6.07, 6.45) is 2.13. The van der Waals surface area contributed by atoms with Crippen molar-refractivity contribution in [1.82, 2.24) is 4.90 Å². The molecule has 0 saturated carbocycles. The minimum absolute atomic E-state index is 0.00446. The first-order valence-electron chi connectivity index (χ1n) is 9.82. The predicted octanol–water partition coefficient (Wildman–Crippen LogP) is 4.30. The van der Waals surface area contributed by atoms with Crippen LogP contribution in [-0.2, 0) is 16.0 Å². The molecule has 3 aromatic carbocycles. The van der Waals surface area contributed by atoms with Crippen molar-refractivity contribution in [3.8, 4) is 0 Å². The SMILES string of the molecule is CN(C)CC(=O)Nc1ccc(NC(=O)CCCc2ccc3ccccc3c2)cc1. The van der Waals surface area contributed by atoms with Gasteiger partial charge in [0.15, 0.2) is 0 Å². The quantitative estimate of drug-likeness (QED) is 0.604. The number of rotatable bonds is 8. The lowest BCUT2D eigenvalue weighted by atomic mass is 10.0. The van der Waals surface area contributed by atoms with E-state index in [1.165, 1.54) is 16.3 Å². The van der Waals surface area contributed by atoms with Crippen LogP contribution in [0.3, 0.4) is 0 Å². The molecule has 0 unspecified atom stereocenters. The largest absolute Gasteiger partial charge is 0.326 e. The van der Waals surface area contributed by atoms with Gasteiger partial charge in [-0.3, -0.25) is 9.59 Å². The molecule has 29 heavy (non-hydrogen) atoms. The fraction of sp³-hybridized carbons (Fsp3) is 0.250. The van der Waals surface area contributed by atoms with Gasteiger partial charge in [-0.1, -0.05) is 42.5 Å². The Morgan fingerprint density at radius 2 is 1.41 bits per heavy atom. The van der Waals surface area contributed by atoms with Crippen molar-refractivity contribution in [2.75, 3.05) is 31.3 Å². The van der Waals surface area contributed by atoms with Crippen molar-refractivity contribution < 1.29 is 9.59 Å². The van der Waals surface area contributed by atoms with Gasteiger partial charge in [0, 0.05) is 17.8 Å². The lowest BCUT2D eigenvalue weighted by molar-refractivity contribution is -0.117. The first-order valence-corrected chi connectivity index (χ1v) is 9.82. The average Bonchev–Trinajstić information content (AvgIpc) is 2.69. The van der Waals surface area contributed by atoms with Crippen LogP contribution in [0, 0.1) is 0 Å². The van der Waals surface area contributed by atoms with E-state index in [0.717, 1.165) is 18.5 Å².